The lowest BCUT2D eigenvalue weighted by atomic mass is 10.2. The molecule has 2 N–H and O–H groups in total. The molecule has 8 heteroatoms. The van der Waals surface area contributed by atoms with E-state index >= 15 is 0 Å². The molecule has 0 radical (unpaired) electrons. The van der Waals surface area contributed by atoms with E-state index in [0.29, 0.717) is 24.6 Å². The summed E-state index contributed by atoms with van der Waals surface area (Å²) in [5.74, 6) is 0.692. The number of guanidine groups is 1. The summed E-state index contributed by atoms with van der Waals surface area (Å²) in [6, 6.07) is 12.3. The van der Waals surface area contributed by atoms with E-state index in [-0.39, 0.29) is 29.7 Å². The average molecular weight is 448 g/mol. The van der Waals surface area contributed by atoms with E-state index in [0.717, 1.165) is 5.69 Å². The molecule has 0 aliphatic carbocycles. The number of alkyl halides is 2. The minimum Gasteiger partial charge on any atom is -0.434 e. The topological polar surface area (TPSA) is 58.5 Å². The van der Waals surface area contributed by atoms with E-state index in [1.165, 1.54) is 6.07 Å². The lowest BCUT2D eigenvalue weighted by molar-refractivity contribution is -0.0504. The molecule has 24 heavy (non-hydrogen) atoms. The van der Waals surface area contributed by atoms with Crippen LogP contribution in [-0.4, -0.2) is 24.6 Å². The number of nitrogens with one attached hydrogen (secondary N) is 2. The van der Waals surface area contributed by atoms with Crippen LogP contribution in [0.3, 0.4) is 0 Å². The minimum atomic E-state index is -2.85. The molecule has 2 aromatic rings. The van der Waals surface area contributed by atoms with Gasteiger partial charge in [-0.2, -0.15) is 8.78 Å². The van der Waals surface area contributed by atoms with Crippen LogP contribution in [0.1, 0.15) is 11.3 Å². The summed E-state index contributed by atoms with van der Waals surface area (Å²) in [5, 5.41) is 6.16. The highest BCUT2D eigenvalue weighted by atomic mass is 127. The Bertz CT molecular complexity index is 641. The van der Waals surface area contributed by atoms with Crippen LogP contribution in [0, 0.1) is 0 Å². The van der Waals surface area contributed by atoms with Gasteiger partial charge >= 0.3 is 6.61 Å². The van der Waals surface area contributed by atoms with Crippen molar-refractivity contribution >= 4 is 29.9 Å². The van der Waals surface area contributed by atoms with Gasteiger partial charge in [-0.1, -0.05) is 24.3 Å². The summed E-state index contributed by atoms with van der Waals surface area (Å²) in [4.78, 5) is 8.29. The largest absolute Gasteiger partial charge is 0.434 e. The molecule has 5 nitrogen and oxygen atoms in total. The zero-order chi connectivity index (χ0) is 16.5. The van der Waals surface area contributed by atoms with Crippen molar-refractivity contribution in [3.05, 3.63) is 59.9 Å². The molecule has 130 valence electrons. The second kappa shape index (κ2) is 10.7. The van der Waals surface area contributed by atoms with Gasteiger partial charge in [0.25, 0.3) is 0 Å². The molecule has 0 bridgehead atoms. The first-order valence-electron chi connectivity index (χ1n) is 7.06. The van der Waals surface area contributed by atoms with Gasteiger partial charge in [-0.15, -0.1) is 24.0 Å². The van der Waals surface area contributed by atoms with Crippen LogP contribution in [0.2, 0.25) is 0 Å². The Morgan fingerprint density at radius 1 is 1.12 bits per heavy atom. The zero-order valence-electron chi connectivity index (χ0n) is 13.1. The Balaban J connectivity index is 0.00000288. The Labute approximate surface area is 156 Å². The maximum atomic E-state index is 12.4. The Morgan fingerprint density at radius 2 is 1.83 bits per heavy atom. The number of aliphatic imine (C=N–C) groups is 1. The number of hydrogen-bond acceptors (Lipinski definition) is 3. The third-order valence-corrected chi connectivity index (χ3v) is 3.02. The maximum absolute atomic E-state index is 12.4. The highest BCUT2D eigenvalue weighted by molar-refractivity contribution is 14.0. The summed E-state index contributed by atoms with van der Waals surface area (Å²) in [7, 11) is 1.63. The first kappa shape index (κ1) is 20.1. The molecule has 1 heterocycles. The number of rotatable bonds is 6. The summed E-state index contributed by atoms with van der Waals surface area (Å²) in [6.45, 7) is -2.03. The van der Waals surface area contributed by atoms with Gasteiger partial charge in [-0.25, -0.2) is 0 Å². The first-order valence-corrected chi connectivity index (χ1v) is 7.06. The molecule has 0 aliphatic rings. The normalized spacial score (nSPS) is 10.9. The molecule has 0 unspecified atom stereocenters. The fourth-order valence-corrected chi connectivity index (χ4v) is 1.94. The molecule has 0 aliphatic heterocycles. The molecule has 0 fully saturated rings. The number of hydrogen-bond donors (Lipinski definition) is 2. The maximum Gasteiger partial charge on any atom is 0.387 e. The lowest BCUT2D eigenvalue weighted by Gasteiger charge is -2.14. The predicted octanol–water partition coefficient (Wildman–Crippen LogP) is 3.17. The standard InChI is InChI=1S/C16H18F2N4O.HI/c1-19-16(22-11-13-7-4-5-9-20-13)21-10-12-6-2-3-8-14(12)23-15(17)18;/h2-9,15H,10-11H2,1H3,(H2,19,21,22);1H. The summed E-state index contributed by atoms with van der Waals surface area (Å²) in [5.41, 5.74) is 1.49. The molecule has 0 spiro atoms. The molecule has 0 saturated carbocycles. The van der Waals surface area contributed by atoms with E-state index in [2.05, 4.69) is 25.3 Å². The number of nitrogens with zero attached hydrogens (tertiary/aromatic N) is 2. The quantitative estimate of drug-likeness (QED) is 0.405. The van der Waals surface area contributed by atoms with Crippen LogP contribution in [0.25, 0.3) is 0 Å². The van der Waals surface area contributed by atoms with Gasteiger partial charge in [0.05, 0.1) is 12.2 Å². The molecule has 2 rings (SSSR count). The number of ether oxygens (including phenoxy) is 1. The Hall–Kier alpha value is -1.97. The van der Waals surface area contributed by atoms with Crippen molar-refractivity contribution < 1.29 is 13.5 Å². The summed E-state index contributed by atoms with van der Waals surface area (Å²) >= 11 is 0. The van der Waals surface area contributed by atoms with Crippen LogP contribution >= 0.6 is 24.0 Å². The third kappa shape index (κ3) is 6.65. The molecule has 0 saturated heterocycles. The minimum absolute atomic E-state index is 0. The SMILES string of the molecule is CN=C(NCc1ccccn1)NCc1ccccc1OC(F)F.I. The van der Waals surface area contributed by atoms with E-state index < -0.39 is 6.61 Å². The van der Waals surface area contributed by atoms with Crippen LogP contribution in [0.5, 0.6) is 5.75 Å². The Kier molecular flexibility index (Phi) is 8.98. The smallest absolute Gasteiger partial charge is 0.387 e. The van der Waals surface area contributed by atoms with Gasteiger partial charge in [0.1, 0.15) is 5.75 Å². The van der Waals surface area contributed by atoms with Crippen molar-refractivity contribution in [2.75, 3.05) is 7.05 Å². The first-order chi connectivity index (χ1) is 11.2. The van der Waals surface area contributed by atoms with E-state index in [4.69, 9.17) is 0 Å². The van der Waals surface area contributed by atoms with Gasteiger partial charge in [-0.05, 0) is 18.2 Å². The number of aromatic nitrogens is 1. The fraction of sp³-hybridized carbons (Fsp3) is 0.250. The number of pyridine rings is 1. The number of benzene rings is 1. The lowest BCUT2D eigenvalue weighted by Crippen LogP contribution is -2.36. The van der Waals surface area contributed by atoms with Gasteiger partial charge in [0.2, 0.25) is 0 Å². The van der Waals surface area contributed by atoms with Crippen LogP contribution in [0.4, 0.5) is 8.78 Å². The average Bonchev–Trinajstić information content (AvgIpc) is 2.57. The second-order valence-electron chi connectivity index (χ2n) is 4.59. The summed E-state index contributed by atoms with van der Waals surface area (Å²) in [6.07, 6.45) is 1.71. The zero-order valence-corrected chi connectivity index (χ0v) is 15.4. The number of halogens is 3. The molecular formula is C16H19F2IN4O. The summed E-state index contributed by atoms with van der Waals surface area (Å²) < 4.78 is 29.3. The van der Waals surface area contributed by atoms with Crippen LogP contribution in [-0.2, 0) is 13.1 Å². The van der Waals surface area contributed by atoms with E-state index in [9.17, 15) is 8.78 Å². The van der Waals surface area contributed by atoms with E-state index in [1.54, 1.807) is 31.4 Å². The van der Waals surface area contributed by atoms with Gasteiger partial charge in [0.15, 0.2) is 5.96 Å². The van der Waals surface area contributed by atoms with Crippen molar-refractivity contribution in [2.24, 2.45) is 4.99 Å². The Morgan fingerprint density at radius 3 is 2.50 bits per heavy atom. The van der Waals surface area contributed by atoms with Crippen LogP contribution < -0.4 is 15.4 Å². The van der Waals surface area contributed by atoms with Crippen molar-refractivity contribution in [3.8, 4) is 5.75 Å². The van der Waals surface area contributed by atoms with Gasteiger partial charge in [0, 0.05) is 25.4 Å². The monoisotopic (exact) mass is 448 g/mol. The molecule has 1 aromatic heterocycles. The van der Waals surface area contributed by atoms with Crippen molar-refractivity contribution in [1.29, 1.82) is 0 Å². The van der Waals surface area contributed by atoms with Crippen molar-refractivity contribution in [3.63, 3.8) is 0 Å². The van der Waals surface area contributed by atoms with E-state index in [1.807, 2.05) is 18.2 Å². The number of para-hydroxylation sites is 1. The van der Waals surface area contributed by atoms with Crippen molar-refractivity contribution in [1.82, 2.24) is 15.6 Å². The van der Waals surface area contributed by atoms with Gasteiger partial charge in [-0.3, -0.25) is 9.98 Å². The molecular weight excluding hydrogens is 429 g/mol. The highest BCUT2D eigenvalue weighted by Gasteiger charge is 2.09. The second-order valence-corrected chi connectivity index (χ2v) is 4.59. The van der Waals surface area contributed by atoms with Crippen molar-refractivity contribution in [2.45, 2.75) is 19.7 Å². The molecule has 0 atom stereocenters. The third-order valence-electron chi connectivity index (χ3n) is 3.02. The highest BCUT2D eigenvalue weighted by Crippen LogP contribution is 2.19. The molecule has 0 amide bonds. The molecule has 1 aromatic carbocycles. The van der Waals surface area contributed by atoms with Gasteiger partial charge < -0.3 is 15.4 Å². The fourth-order valence-electron chi connectivity index (χ4n) is 1.94. The predicted molar refractivity (Wildman–Crippen MR) is 99.8 cm³/mol. The van der Waals surface area contributed by atoms with Crippen LogP contribution in [0.15, 0.2) is 53.7 Å².